The van der Waals surface area contributed by atoms with Gasteiger partial charge in [-0.15, -0.1) is 11.6 Å². The van der Waals surface area contributed by atoms with Crippen LogP contribution in [0, 0.1) is 0 Å². The number of hydrogen-bond donors (Lipinski definition) is 1. The van der Waals surface area contributed by atoms with Crippen molar-refractivity contribution in [3.63, 3.8) is 0 Å². The van der Waals surface area contributed by atoms with E-state index in [-0.39, 0.29) is 16.5 Å². The summed E-state index contributed by atoms with van der Waals surface area (Å²) in [4.78, 5) is 10.9. The zero-order valence-corrected chi connectivity index (χ0v) is 8.80. The summed E-state index contributed by atoms with van der Waals surface area (Å²) < 4.78 is 0.252. The lowest BCUT2D eigenvalue weighted by atomic mass is 10.1. The Balaban J connectivity index is 2.25. The molecule has 12 heavy (non-hydrogen) atoms. The van der Waals surface area contributed by atoms with E-state index in [1.165, 1.54) is 18.6 Å². The van der Waals surface area contributed by atoms with Crippen LogP contribution in [0.3, 0.4) is 0 Å². The first-order chi connectivity index (χ1) is 5.66. The molecule has 1 fully saturated rings. The van der Waals surface area contributed by atoms with E-state index in [4.69, 9.17) is 11.6 Å². The summed E-state index contributed by atoms with van der Waals surface area (Å²) in [5.74, 6) is 1.22. The molecular formula is C8H14ClNOS. The molecule has 2 nitrogen and oxygen atoms in total. The third-order valence-corrected chi connectivity index (χ3v) is 3.86. The molecular weight excluding hydrogens is 194 g/mol. The van der Waals surface area contributed by atoms with E-state index in [1.54, 1.807) is 0 Å². The van der Waals surface area contributed by atoms with Crippen LogP contribution in [0.1, 0.15) is 19.8 Å². The maximum atomic E-state index is 10.9. The highest BCUT2D eigenvalue weighted by Gasteiger charge is 2.29. The minimum atomic E-state index is -0.0645. The van der Waals surface area contributed by atoms with Gasteiger partial charge >= 0.3 is 0 Å². The normalized spacial score (nSPS) is 28.8. The van der Waals surface area contributed by atoms with Gasteiger partial charge in [0.1, 0.15) is 5.88 Å². The van der Waals surface area contributed by atoms with Crippen LogP contribution in [-0.2, 0) is 4.79 Å². The Hall–Kier alpha value is 0.110. The second kappa shape index (κ2) is 4.38. The number of alkyl halides is 1. The number of rotatable bonds is 3. The highest BCUT2D eigenvalue weighted by molar-refractivity contribution is 8.00. The number of amides is 1. The van der Waals surface area contributed by atoms with Crippen molar-refractivity contribution in [3.8, 4) is 0 Å². The zero-order chi connectivity index (χ0) is 9.03. The summed E-state index contributed by atoms with van der Waals surface area (Å²) >= 11 is 7.30. The Morgan fingerprint density at radius 3 is 3.00 bits per heavy atom. The first kappa shape index (κ1) is 10.2. The van der Waals surface area contributed by atoms with Crippen LogP contribution < -0.4 is 5.32 Å². The Labute approximate surface area is 82.4 Å². The fourth-order valence-corrected chi connectivity index (χ4v) is 2.65. The van der Waals surface area contributed by atoms with E-state index in [1.807, 2.05) is 11.8 Å². The van der Waals surface area contributed by atoms with Crippen molar-refractivity contribution < 1.29 is 4.79 Å². The molecule has 1 aliphatic rings. The average molecular weight is 208 g/mol. The molecule has 0 radical (unpaired) electrons. The van der Waals surface area contributed by atoms with Gasteiger partial charge in [-0.1, -0.05) is 0 Å². The lowest BCUT2D eigenvalue weighted by molar-refractivity contribution is -0.118. The molecule has 0 saturated carbocycles. The SMILES string of the molecule is CC1(CNC(=O)CCl)CCCS1. The van der Waals surface area contributed by atoms with Gasteiger partial charge in [0.05, 0.1) is 0 Å². The fraction of sp³-hybridized carbons (Fsp3) is 0.875. The number of halogens is 1. The number of carbonyl (C=O) groups is 1. The maximum absolute atomic E-state index is 10.9. The molecule has 1 N–H and O–H groups in total. The van der Waals surface area contributed by atoms with E-state index in [0.29, 0.717) is 0 Å². The van der Waals surface area contributed by atoms with Crippen LogP contribution in [0.5, 0.6) is 0 Å². The summed E-state index contributed by atoms with van der Waals surface area (Å²) in [5, 5.41) is 2.82. The Kier molecular flexibility index (Phi) is 3.72. The minimum Gasteiger partial charge on any atom is -0.354 e. The van der Waals surface area contributed by atoms with Crippen LogP contribution in [0.2, 0.25) is 0 Å². The minimum absolute atomic E-state index is 0.0645. The van der Waals surface area contributed by atoms with Crippen molar-refractivity contribution >= 4 is 29.3 Å². The van der Waals surface area contributed by atoms with Crippen molar-refractivity contribution in [3.05, 3.63) is 0 Å². The van der Waals surface area contributed by atoms with Crippen LogP contribution in [0.4, 0.5) is 0 Å². The van der Waals surface area contributed by atoms with Crippen molar-refractivity contribution in [2.24, 2.45) is 0 Å². The van der Waals surface area contributed by atoms with Crippen LogP contribution in [0.15, 0.2) is 0 Å². The molecule has 1 amide bonds. The first-order valence-corrected chi connectivity index (χ1v) is 5.65. The number of nitrogens with one attached hydrogen (secondary N) is 1. The summed E-state index contributed by atoms with van der Waals surface area (Å²) in [6.07, 6.45) is 2.46. The third-order valence-electron chi connectivity index (χ3n) is 2.08. The van der Waals surface area contributed by atoms with Gasteiger partial charge in [0.15, 0.2) is 0 Å². The van der Waals surface area contributed by atoms with E-state index in [9.17, 15) is 4.79 Å². The summed E-state index contributed by atoms with van der Waals surface area (Å²) in [7, 11) is 0. The van der Waals surface area contributed by atoms with E-state index >= 15 is 0 Å². The van der Waals surface area contributed by atoms with Gasteiger partial charge < -0.3 is 5.32 Å². The molecule has 1 heterocycles. The Bertz CT molecular complexity index is 168. The van der Waals surface area contributed by atoms with E-state index in [0.717, 1.165) is 6.54 Å². The monoisotopic (exact) mass is 207 g/mol. The van der Waals surface area contributed by atoms with Gasteiger partial charge in [0, 0.05) is 11.3 Å². The third kappa shape index (κ3) is 2.87. The van der Waals surface area contributed by atoms with Crippen molar-refractivity contribution in [2.75, 3.05) is 18.2 Å². The fourth-order valence-electron chi connectivity index (χ4n) is 1.31. The number of hydrogen-bond acceptors (Lipinski definition) is 2. The molecule has 0 bridgehead atoms. The van der Waals surface area contributed by atoms with Crippen molar-refractivity contribution in [1.29, 1.82) is 0 Å². The predicted molar refractivity (Wildman–Crippen MR) is 53.8 cm³/mol. The number of carbonyl (C=O) groups excluding carboxylic acids is 1. The molecule has 4 heteroatoms. The predicted octanol–water partition coefficient (Wildman–Crippen LogP) is 1.63. The average Bonchev–Trinajstić information content (AvgIpc) is 2.49. The van der Waals surface area contributed by atoms with Gasteiger partial charge in [-0.2, -0.15) is 11.8 Å². The van der Waals surface area contributed by atoms with Gasteiger partial charge in [0.25, 0.3) is 0 Å². The van der Waals surface area contributed by atoms with Gasteiger partial charge in [-0.3, -0.25) is 4.79 Å². The largest absolute Gasteiger partial charge is 0.354 e. The van der Waals surface area contributed by atoms with Gasteiger partial charge in [0.2, 0.25) is 5.91 Å². The topological polar surface area (TPSA) is 29.1 Å². The maximum Gasteiger partial charge on any atom is 0.234 e. The van der Waals surface area contributed by atoms with Crippen LogP contribution >= 0.6 is 23.4 Å². The molecule has 1 atom stereocenters. The second-order valence-corrected chi connectivity index (χ2v) is 5.26. The molecule has 0 spiro atoms. The lowest BCUT2D eigenvalue weighted by Crippen LogP contribution is -2.37. The highest BCUT2D eigenvalue weighted by atomic mass is 35.5. The molecule has 1 unspecified atom stereocenters. The molecule has 70 valence electrons. The quantitative estimate of drug-likeness (QED) is 0.713. The first-order valence-electron chi connectivity index (χ1n) is 4.13. The Morgan fingerprint density at radius 2 is 2.50 bits per heavy atom. The molecule has 1 saturated heterocycles. The summed E-state index contributed by atoms with van der Waals surface area (Å²) in [6.45, 7) is 2.95. The summed E-state index contributed by atoms with van der Waals surface area (Å²) in [5.41, 5.74) is 0. The molecule has 0 aromatic heterocycles. The number of thioether (sulfide) groups is 1. The molecule has 0 aliphatic carbocycles. The lowest BCUT2D eigenvalue weighted by Gasteiger charge is -2.22. The van der Waals surface area contributed by atoms with Gasteiger partial charge in [-0.25, -0.2) is 0 Å². The highest BCUT2D eigenvalue weighted by Crippen LogP contribution is 2.36. The van der Waals surface area contributed by atoms with Crippen LogP contribution in [-0.4, -0.2) is 28.8 Å². The summed E-state index contributed by atoms with van der Waals surface area (Å²) in [6, 6.07) is 0. The van der Waals surface area contributed by atoms with Crippen molar-refractivity contribution in [2.45, 2.75) is 24.5 Å². The zero-order valence-electron chi connectivity index (χ0n) is 7.23. The molecule has 1 rings (SSSR count). The van der Waals surface area contributed by atoms with Crippen LogP contribution in [0.25, 0.3) is 0 Å². The smallest absolute Gasteiger partial charge is 0.234 e. The standard InChI is InChI=1S/C8H14ClNOS/c1-8(3-2-4-12-8)6-10-7(11)5-9/h2-6H2,1H3,(H,10,11). The Morgan fingerprint density at radius 1 is 1.75 bits per heavy atom. The molecule has 0 aromatic carbocycles. The van der Waals surface area contributed by atoms with Gasteiger partial charge in [-0.05, 0) is 25.5 Å². The second-order valence-electron chi connectivity index (χ2n) is 3.31. The van der Waals surface area contributed by atoms with E-state index < -0.39 is 0 Å². The van der Waals surface area contributed by atoms with Crippen molar-refractivity contribution in [1.82, 2.24) is 5.32 Å². The molecule has 0 aromatic rings. The molecule has 1 aliphatic heterocycles. The van der Waals surface area contributed by atoms with E-state index in [2.05, 4.69) is 12.2 Å².